The van der Waals surface area contributed by atoms with E-state index in [1.165, 1.54) is 19.2 Å². The van der Waals surface area contributed by atoms with Crippen LogP contribution in [0.1, 0.15) is 23.7 Å². The van der Waals surface area contributed by atoms with Gasteiger partial charge in [-0.2, -0.15) is 0 Å². The zero-order valence-electron chi connectivity index (χ0n) is 10.5. The van der Waals surface area contributed by atoms with Gasteiger partial charge < -0.3 is 4.74 Å². The Hall–Kier alpha value is -2.08. The number of esters is 1. The number of hydrogen-bond donors (Lipinski definition) is 1. The van der Waals surface area contributed by atoms with Gasteiger partial charge in [0.05, 0.1) is 12.7 Å². The van der Waals surface area contributed by atoms with Crippen LogP contribution in [0.15, 0.2) is 29.4 Å². The Balaban J connectivity index is 2.58. The highest BCUT2D eigenvalue weighted by Crippen LogP contribution is 2.10. The number of oxime groups is 1. The van der Waals surface area contributed by atoms with Gasteiger partial charge in [0.1, 0.15) is 5.17 Å². The molecular weight excluding hydrogens is 272 g/mol. The number of carbonyl (C=O) groups excluding carboxylic acids is 2. The molecule has 1 aromatic rings. The van der Waals surface area contributed by atoms with Crippen molar-refractivity contribution in [3.63, 3.8) is 0 Å². The van der Waals surface area contributed by atoms with E-state index >= 15 is 0 Å². The minimum Gasteiger partial charge on any atom is -0.465 e. The average molecular weight is 285 g/mol. The Morgan fingerprint density at radius 3 is 2.47 bits per heavy atom. The molecule has 0 aliphatic rings. The van der Waals surface area contributed by atoms with Crippen molar-refractivity contribution < 1.29 is 19.2 Å². The largest absolute Gasteiger partial charge is 0.465 e. The molecule has 1 N–H and O–H groups in total. The Morgan fingerprint density at radius 1 is 1.32 bits per heavy atom. The van der Waals surface area contributed by atoms with Crippen LogP contribution in [0.3, 0.4) is 0 Å². The minimum atomic E-state index is -0.766. The third-order valence-electron chi connectivity index (χ3n) is 2.07. The van der Waals surface area contributed by atoms with Crippen LogP contribution in [0.5, 0.6) is 0 Å². The monoisotopic (exact) mass is 284 g/mol. The van der Waals surface area contributed by atoms with E-state index in [4.69, 9.17) is 11.6 Å². The first-order chi connectivity index (χ1) is 9.06. The fraction of sp³-hybridized carbons (Fsp3) is 0.250. The fourth-order valence-electron chi connectivity index (χ4n) is 1.10. The molecule has 0 spiro atoms. The Morgan fingerprint density at radius 2 is 1.95 bits per heavy atom. The van der Waals surface area contributed by atoms with E-state index in [1.807, 2.05) is 0 Å². The van der Waals surface area contributed by atoms with Gasteiger partial charge in [0.25, 0.3) is 0 Å². The van der Waals surface area contributed by atoms with E-state index in [9.17, 15) is 9.59 Å². The highest BCUT2D eigenvalue weighted by Gasteiger charge is 2.07. The number of nitrogens with one attached hydrogen (secondary N) is 1. The Bertz CT molecular complexity index is 485. The number of methoxy groups -OCH3 is 1. The number of nitrogens with zero attached hydrogens (tertiary/aromatic N) is 1. The second-order valence-corrected chi connectivity index (χ2v) is 3.83. The molecule has 6 nitrogen and oxygen atoms in total. The summed E-state index contributed by atoms with van der Waals surface area (Å²) in [5.41, 5.74) is 0.842. The summed E-state index contributed by atoms with van der Waals surface area (Å²) in [6.45, 7) is 1.78. The third kappa shape index (κ3) is 4.97. The maximum absolute atomic E-state index is 11.3. The van der Waals surface area contributed by atoms with Crippen LogP contribution >= 0.6 is 11.6 Å². The zero-order chi connectivity index (χ0) is 14.3. The lowest BCUT2D eigenvalue weighted by Crippen LogP contribution is -2.11. The lowest BCUT2D eigenvalue weighted by atomic mass is 10.2. The molecule has 102 valence electrons. The summed E-state index contributed by atoms with van der Waals surface area (Å²) in [5.74, 6) is -0.451. The van der Waals surface area contributed by atoms with Crippen molar-refractivity contribution in [3.8, 4) is 0 Å². The number of carbonyl (C=O) groups is 2. The molecular formula is C12H13ClN2O4. The standard InChI is InChI=1S/C12H13ClN2O4/c1-3-10(13)15-19-12(17)14-9-6-4-8(5-7-9)11(16)18-2/h4-7H,3H2,1-2H3,(H,14,17)/b15-10-. The van der Waals surface area contributed by atoms with Gasteiger partial charge in [0, 0.05) is 12.1 Å². The summed E-state index contributed by atoms with van der Waals surface area (Å²) in [7, 11) is 1.29. The molecule has 1 amide bonds. The van der Waals surface area contributed by atoms with Gasteiger partial charge in [-0.1, -0.05) is 23.7 Å². The van der Waals surface area contributed by atoms with Crippen LogP contribution in [0.4, 0.5) is 10.5 Å². The number of anilines is 1. The van der Waals surface area contributed by atoms with Gasteiger partial charge in [-0.3, -0.25) is 10.2 Å². The van der Waals surface area contributed by atoms with Crippen molar-refractivity contribution in [2.24, 2.45) is 5.16 Å². The second-order valence-electron chi connectivity index (χ2n) is 3.39. The van der Waals surface area contributed by atoms with Gasteiger partial charge in [-0.05, 0) is 24.3 Å². The van der Waals surface area contributed by atoms with Crippen molar-refractivity contribution in [1.82, 2.24) is 0 Å². The first-order valence-electron chi connectivity index (χ1n) is 5.45. The third-order valence-corrected chi connectivity index (χ3v) is 2.41. The van der Waals surface area contributed by atoms with Crippen molar-refractivity contribution in [2.45, 2.75) is 13.3 Å². The molecule has 0 unspecified atom stereocenters. The normalized spacial score (nSPS) is 10.8. The molecule has 0 bridgehead atoms. The summed E-state index contributed by atoms with van der Waals surface area (Å²) in [6.07, 6.45) is -0.291. The molecule has 0 saturated carbocycles. The predicted octanol–water partition coefficient (Wildman–Crippen LogP) is 2.98. The smallest absolute Gasteiger partial charge is 0.437 e. The fourth-order valence-corrected chi connectivity index (χ4v) is 1.14. The van der Waals surface area contributed by atoms with E-state index in [1.54, 1.807) is 19.1 Å². The summed E-state index contributed by atoms with van der Waals surface area (Å²) < 4.78 is 4.55. The zero-order valence-corrected chi connectivity index (χ0v) is 11.2. The highest BCUT2D eigenvalue weighted by atomic mass is 35.5. The van der Waals surface area contributed by atoms with Gasteiger partial charge in [0.2, 0.25) is 0 Å². The maximum atomic E-state index is 11.3. The van der Waals surface area contributed by atoms with Crippen molar-refractivity contribution >= 4 is 34.5 Å². The molecule has 0 aliphatic heterocycles. The summed E-state index contributed by atoms with van der Waals surface area (Å²) >= 11 is 5.58. The highest BCUT2D eigenvalue weighted by molar-refractivity contribution is 6.65. The number of halogens is 1. The summed E-state index contributed by atoms with van der Waals surface area (Å²) in [4.78, 5) is 27.0. The number of ether oxygens (including phenoxy) is 1. The topological polar surface area (TPSA) is 77.0 Å². The Kier molecular flexibility index (Phi) is 5.81. The first-order valence-corrected chi connectivity index (χ1v) is 5.83. The number of benzene rings is 1. The average Bonchev–Trinajstić information content (AvgIpc) is 2.44. The van der Waals surface area contributed by atoms with Gasteiger partial charge in [-0.25, -0.2) is 9.59 Å². The van der Waals surface area contributed by atoms with Gasteiger partial charge in [0.15, 0.2) is 0 Å². The first kappa shape index (κ1) is 15.0. The molecule has 0 saturated heterocycles. The van der Waals surface area contributed by atoms with Crippen LogP contribution in [0.25, 0.3) is 0 Å². The van der Waals surface area contributed by atoms with Crippen molar-refractivity contribution in [3.05, 3.63) is 29.8 Å². The van der Waals surface area contributed by atoms with Crippen LogP contribution in [-0.4, -0.2) is 24.3 Å². The number of rotatable bonds is 4. The summed E-state index contributed by atoms with van der Waals surface area (Å²) in [5, 5.41) is 6.01. The molecule has 1 aromatic carbocycles. The molecule has 0 aromatic heterocycles. The Labute approximate surface area is 115 Å². The van der Waals surface area contributed by atoms with Crippen LogP contribution in [-0.2, 0) is 9.57 Å². The van der Waals surface area contributed by atoms with E-state index in [0.29, 0.717) is 17.7 Å². The molecule has 0 radical (unpaired) electrons. The molecule has 1 rings (SSSR count). The van der Waals surface area contributed by atoms with Crippen LogP contribution < -0.4 is 5.32 Å². The SMILES string of the molecule is CC/C(Cl)=N/OC(=O)Nc1ccc(C(=O)OC)cc1. The van der Waals surface area contributed by atoms with Gasteiger partial charge in [-0.15, -0.1) is 0 Å². The van der Waals surface area contributed by atoms with E-state index < -0.39 is 12.1 Å². The minimum absolute atomic E-state index is 0.191. The van der Waals surface area contributed by atoms with Gasteiger partial charge >= 0.3 is 12.1 Å². The van der Waals surface area contributed by atoms with Crippen molar-refractivity contribution in [2.75, 3.05) is 12.4 Å². The summed E-state index contributed by atoms with van der Waals surface area (Å²) in [6, 6.07) is 6.12. The lowest BCUT2D eigenvalue weighted by Gasteiger charge is -2.04. The number of hydrogen-bond acceptors (Lipinski definition) is 5. The maximum Gasteiger partial charge on any atom is 0.437 e. The molecule has 0 atom stereocenters. The molecule has 0 fully saturated rings. The van der Waals surface area contributed by atoms with E-state index in [-0.39, 0.29) is 5.17 Å². The predicted molar refractivity (Wildman–Crippen MR) is 71.5 cm³/mol. The van der Waals surface area contributed by atoms with E-state index in [0.717, 1.165) is 0 Å². The number of amides is 1. The van der Waals surface area contributed by atoms with Crippen LogP contribution in [0.2, 0.25) is 0 Å². The molecule has 19 heavy (non-hydrogen) atoms. The molecule has 0 heterocycles. The second kappa shape index (κ2) is 7.38. The molecule has 7 heteroatoms. The van der Waals surface area contributed by atoms with Crippen LogP contribution in [0, 0.1) is 0 Å². The van der Waals surface area contributed by atoms with E-state index in [2.05, 4.69) is 20.0 Å². The van der Waals surface area contributed by atoms with Crippen molar-refractivity contribution in [1.29, 1.82) is 0 Å². The lowest BCUT2D eigenvalue weighted by molar-refractivity contribution is 0.0600. The molecule has 0 aliphatic carbocycles. The quantitative estimate of drug-likeness (QED) is 0.399.